The number of carbonyl (C=O) groups is 1. The zero-order chi connectivity index (χ0) is 15.5. The predicted molar refractivity (Wildman–Crippen MR) is 89.2 cm³/mol. The maximum absolute atomic E-state index is 12.2. The molecule has 22 heavy (non-hydrogen) atoms. The van der Waals surface area contributed by atoms with Crippen molar-refractivity contribution < 1.29 is 9.90 Å². The zero-order valence-corrected chi connectivity index (χ0v) is 13.4. The fourth-order valence-corrected chi connectivity index (χ4v) is 3.60. The van der Waals surface area contributed by atoms with Gasteiger partial charge in [-0.1, -0.05) is 25.3 Å². The maximum Gasteiger partial charge on any atom is 0.229 e. The van der Waals surface area contributed by atoms with Crippen molar-refractivity contribution in [2.24, 2.45) is 5.92 Å². The smallest absolute Gasteiger partial charge is 0.229 e. The normalized spacial score (nSPS) is 15.7. The van der Waals surface area contributed by atoms with Gasteiger partial charge in [0, 0.05) is 16.9 Å². The van der Waals surface area contributed by atoms with Crippen LogP contribution in [0.1, 0.15) is 37.7 Å². The molecule has 0 spiro atoms. The number of amides is 1. The lowest BCUT2D eigenvalue weighted by Crippen LogP contribution is -2.24. The SMILES string of the molecule is Cc1ccc(-c2csc(NC(=O)C3CCCCC3)n2)c(O)c1. The van der Waals surface area contributed by atoms with Gasteiger partial charge in [-0.05, 0) is 37.5 Å². The third-order valence-electron chi connectivity index (χ3n) is 4.14. The molecule has 0 radical (unpaired) electrons. The molecule has 0 atom stereocenters. The topological polar surface area (TPSA) is 62.2 Å². The van der Waals surface area contributed by atoms with E-state index in [4.69, 9.17) is 0 Å². The molecule has 4 nitrogen and oxygen atoms in total. The number of nitrogens with zero attached hydrogens (tertiary/aromatic N) is 1. The Labute approximate surface area is 134 Å². The second-order valence-electron chi connectivity index (χ2n) is 5.88. The highest BCUT2D eigenvalue weighted by Gasteiger charge is 2.22. The molecule has 2 N–H and O–H groups in total. The summed E-state index contributed by atoms with van der Waals surface area (Å²) >= 11 is 1.40. The molecular weight excluding hydrogens is 296 g/mol. The lowest BCUT2D eigenvalue weighted by atomic mass is 9.89. The minimum absolute atomic E-state index is 0.0775. The molecule has 1 fully saturated rings. The van der Waals surface area contributed by atoms with Gasteiger partial charge < -0.3 is 10.4 Å². The fourth-order valence-electron chi connectivity index (χ4n) is 2.89. The van der Waals surface area contributed by atoms with Crippen LogP contribution < -0.4 is 5.32 Å². The van der Waals surface area contributed by atoms with Gasteiger partial charge >= 0.3 is 0 Å². The minimum atomic E-state index is 0.0775. The van der Waals surface area contributed by atoms with E-state index in [1.807, 2.05) is 24.4 Å². The third kappa shape index (κ3) is 3.30. The van der Waals surface area contributed by atoms with Crippen LogP contribution in [-0.2, 0) is 4.79 Å². The van der Waals surface area contributed by atoms with Crippen LogP contribution in [0, 0.1) is 12.8 Å². The first kappa shape index (κ1) is 15.0. The van der Waals surface area contributed by atoms with Crippen molar-refractivity contribution in [2.75, 3.05) is 5.32 Å². The number of thiazole rings is 1. The lowest BCUT2D eigenvalue weighted by molar-refractivity contribution is -0.120. The number of aromatic nitrogens is 1. The molecule has 3 rings (SSSR count). The minimum Gasteiger partial charge on any atom is -0.507 e. The number of aryl methyl sites for hydroxylation is 1. The highest BCUT2D eigenvalue weighted by molar-refractivity contribution is 7.14. The highest BCUT2D eigenvalue weighted by Crippen LogP contribution is 2.32. The number of nitrogens with one attached hydrogen (secondary N) is 1. The fraction of sp³-hybridized carbons (Fsp3) is 0.412. The van der Waals surface area contributed by atoms with E-state index >= 15 is 0 Å². The maximum atomic E-state index is 12.2. The summed E-state index contributed by atoms with van der Waals surface area (Å²) in [4.78, 5) is 16.7. The van der Waals surface area contributed by atoms with Gasteiger partial charge in [0.25, 0.3) is 0 Å². The van der Waals surface area contributed by atoms with Crippen molar-refractivity contribution in [2.45, 2.75) is 39.0 Å². The first-order valence-corrected chi connectivity index (χ1v) is 8.58. The Kier molecular flexibility index (Phi) is 4.43. The monoisotopic (exact) mass is 316 g/mol. The van der Waals surface area contributed by atoms with Crippen LogP contribution in [0.2, 0.25) is 0 Å². The molecule has 2 aromatic rings. The number of anilines is 1. The van der Waals surface area contributed by atoms with Gasteiger partial charge in [-0.2, -0.15) is 0 Å². The average molecular weight is 316 g/mol. The Morgan fingerprint density at radius 3 is 2.82 bits per heavy atom. The van der Waals surface area contributed by atoms with Gasteiger partial charge in [0.2, 0.25) is 5.91 Å². The Bertz CT molecular complexity index is 675. The zero-order valence-electron chi connectivity index (χ0n) is 12.6. The quantitative estimate of drug-likeness (QED) is 0.885. The summed E-state index contributed by atoms with van der Waals surface area (Å²) in [7, 11) is 0. The van der Waals surface area contributed by atoms with Crippen molar-refractivity contribution in [1.29, 1.82) is 0 Å². The van der Waals surface area contributed by atoms with Gasteiger partial charge in [0.05, 0.1) is 5.69 Å². The molecule has 1 amide bonds. The van der Waals surface area contributed by atoms with Crippen molar-refractivity contribution in [3.63, 3.8) is 0 Å². The molecular formula is C17H20N2O2S. The number of rotatable bonds is 3. The van der Waals surface area contributed by atoms with Crippen LogP contribution in [0.3, 0.4) is 0 Å². The number of carbonyl (C=O) groups excluding carboxylic acids is 1. The van der Waals surface area contributed by atoms with Crippen LogP contribution in [0.25, 0.3) is 11.3 Å². The molecule has 1 aliphatic carbocycles. The molecule has 5 heteroatoms. The predicted octanol–water partition coefficient (Wildman–Crippen LogP) is 4.34. The Morgan fingerprint density at radius 1 is 1.32 bits per heavy atom. The van der Waals surface area contributed by atoms with Gasteiger partial charge in [0.15, 0.2) is 5.13 Å². The van der Waals surface area contributed by atoms with E-state index in [0.717, 1.165) is 31.2 Å². The first-order valence-electron chi connectivity index (χ1n) is 7.70. The molecule has 0 aliphatic heterocycles. The van der Waals surface area contributed by atoms with E-state index in [1.165, 1.54) is 17.8 Å². The molecule has 116 valence electrons. The molecule has 1 aromatic carbocycles. The van der Waals surface area contributed by atoms with Gasteiger partial charge in [0.1, 0.15) is 5.75 Å². The number of phenolic OH excluding ortho intramolecular Hbond substituents is 1. The average Bonchev–Trinajstić information content (AvgIpc) is 2.96. The van der Waals surface area contributed by atoms with Crippen LogP contribution >= 0.6 is 11.3 Å². The molecule has 0 saturated heterocycles. The van der Waals surface area contributed by atoms with E-state index in [-0.39, 0.29) is 17.6 Å². The standard InChI is InChI=1S/C17H20N2O2S/c1-11-7-8-13(15(20)9-11)14-10-22-17(18-14)19-16(21)12-5-3-2-4-6-12/h7-10,12,20H,2-6H2,1H3,(H,18,19,21). The van der Waals surface area contributed by atoms with Crippen LogP contribution in [-0.4, -0.2) is 16.0 Å². The van der Waals surface area contributed by atoms with Crippen molar-refractivity contribution >= 4 is 22.4 Å². The molecule has 1 aromatic heterocycles. The highest BCUT2D eigenvalue weighted by atomic mass is 32.1. The van der Waals surface area contributed by atoms with Crippen molar-refractivity contribution in [3.05, 3.63) is 29.1 Å². The van der Waals surface area contributed by atoms with Crippen LogP contribution in [0.15, 0.2) is 23.6 Å². The number of benzene rings is 1. The lowest BCUT2D eigenvalue weighted by Gasteiger charge is -2.19. The number of hydrogen-bond donors (Lipinski definition) is 2. The second kappa shape index (κ2) is 6.48. The Hall–Kier alpha value is -1.88. The Morgan fingerprint density at radius 2 is 2.09 bits per heavy atom. The van der Waals surface area contributed by atoms with Gasteiger partial charge in [-0.3, -0.25) is 4.79 Å². The summed E-state index contributed by atoms with van der Waals surface area (Å²) in [6.45, 7) is 1.93. The van der Waals surface area contributed by atoms with E-state index in [0.29, 0.717) is 16.4 Å². The number of phenols is 1. The van der Waals surface area contributed by atoms with Gasteiger partial charge in [-0.15, -0.1) is 11.3 Å². The van der Waals surface area contributed by atoms with E-state index in [2.05, 4.69) is 10.3 Å². The first-order chi connectivity index (χ1) is 10.6. The second-order valence-corrected chi connectivity index (χ2v) is 6.74. The number of aromatic hydroxyl groups is 1. The summed E-state index contributed by atoms with van der Waals surface area (Å²) in [5.74, 6) is 0.415. The molecule has 0 bridgehead atoms. The van der Waals surface area contributed by atoms with Crippen molar-refractivity contribution in [1.82, 2.24) is 4.98 Å². The summed E-state index contributed by atoms with van der Waals surface area (Å²) in [6, 6.07) is 5.51. The van der Waals surface area contributed by atoms with E-state index < -0.39 is 0 Å². The van der Waals surface area contributed by atoms with Crippen LogP contribution in [0.5, 0.6) is 5.75 Å². The molecule has 1 aliphatic rings. The summed E-state index contributed by atoms with van der Waals surface area (Å²) in [5.41, 5.74) is 2.39. The summed E-state index contributed by atoms with van der Waals surface area (Å²) < 4.78 is 0. The van der Waals surface area contributed by atoms with Crippen molar-refractivity contribution in [3.8, 4) is 17.0 Å². The summed E-state index contributed by atoms with van der Waals surface area (Å²) in [6.07, 6.45) is 5.46. The largest absolute Gasteiger partial charge is 0.507 e. The Balaban J connectivity index is 1.72. The number of hydrogen-bond acceptors (Lipinski definition) is 4. The van der Waals surface area contributed by atoms with E-state index in [9.17, 15) is 9.90 Å². The molecule has 1 saturated carbocycles. The molecule has 0 unspecified atom stereocenters. The van der Waals surface area contributed by atoms with Crippen LogP contribution in [0.4, 0.5) is 5.13 Å². The van der Waals surface area contributed by atoms with E-state index in [1.54, 1.807) is 6.07 Å². The molecule has 1 heterocycles. The third-order valence-corrected chi connectivity index (χ3v) is 4.90. The summed E-state index contributed by atoms with van der Waals surface area (Å²) in [5, 5.41) is 15.4. The van der Waals surface area contributed by atoms with Gasteiger partial charge in [-0.25, -0.2) is 4.98 Å².